The van der Waals surface area contributed by atoms with E-state index in [1.165, 1.54) is 11.3 Å². The second-order valence-electron chi connectivity index (χ2n) is 4.03. The molecule has 0 saturated heterocycles. The Labute approximate surface area is 110 Å². The summed E-state index contributed by atoms with van der Waals surface area (Å²) in [5.41, 5.74) is 7.42. The second kappa shape index (κ2) is 5.75. The predicted molar refractivity (Wildman–Crippen MR) is 72.1 cm³/mol. The van der Waals surface area contributed by atoms with E-state index < -0.39 is 11.9 Å². The third-order valence-electron chi connectivity index (χ3n) is 2.52. The van der Waals surface area contributed by atoms with Gasteiger partial charge in [-0.05, 0) is 12.5 Å². The van der Waals surface area contributed by atoms with Crippen molar-refractivity contribution in [2.24, 2.45) is 5.73 Å². The lowest BCUT2D eigenvalue weighted by Gasteiger charge is -2.12. The Bertz CT molecular complexity index is 524. The fourth-order valence-corrected chi connectivity index (χ4v) is 2.51. The highest BCUT2D eigenvalue weighted by Crippen LogP contribution is 2.18. The number of thiazole rings is 1. The molecule has 0 fully saturated rings. The zero-order valence-corrected chi connectivity index (χ0v) is 10.9. The quantitative estimate of drug-likeness (QED) is 0.862. The number of nitrogens with zero attached hydrogens (tertiary/aromatic N) is 1. The molecule has 0 aliphatic rings. The van der Waals surface area contributed by atoms with E-state index in [4.69, 9.17) is 5.73 Å². The summed E-state index contributed by atoms with van der Waals surface area (Å²) in [4.78, 5) is 15.8. The number of hydrogen-bond donors (Lipinski definition) is 2. The third-order valence-corrected chi connectivity index (χ3v) is 3.55. The average Bonchev–Trinajstić information content (AvgIpc) is 2.77. The highest BCUT2D eigenvalue weighted by molar-refractivity contribution is 7.09. The summed E-state index contributed by atoms with van der Waals surface area (Å²) in [6, 6.07) is 9.35. The minimum Gasteiger partial charge on any atom is -0.368 e. The van der Waals surface area contributed by atoms with Crippen molar-refractivity contribution in [3.63, 3.8) is 0 Å². The molecule has 94 valence electrons. The number of carbonyl (C=O) groups excluding carboxylic acids is 1. The Morgan fingerprint density at radius 3 is 2.72 bits per heavy atom. The fraction of sp³-hybridized carbons (Fsp3) is 0.231. The van der Waals surface area contributed by atoms with Gasteiger partial charge >= 0.3 is 0 Å². The summed E-state index contributed by atoms with van der Waals surface area (Å²) in [7, 11) is 0. The predicted octanol–water partition coefficient (Wildman–Crippen LogP) is 1.77. The van der Waals surface area contributed by atoms with E-state index >= 15 is 0 Å². The Morgan fingerprint density at radius 2 is 2.17 bits per heavy atom. The number of benzene rings is 1. The molecule has 1 unspecified atom stereocenters. The van der Waals surface area contributed by atoms with Crippen LogP contribution >= 0.6 is 11.3 Å². The van der Waals surface area contributed by atoms with Gasteiger partial charge in [0.05, 0.1) is 0 Å². The molecular formula is C13H15N3OS. The SMILES string of the molecule is Cc1csc(C(NCc2ccccc2)C(N)=O)n1. The summed E-state index contributed by atoms with van der Waals surface area (Å²) < 4.78 is 0. The van der Waals surface area contributed by atoms with E-state index in [9.17, 15) is 4.79 Å². The van der Waals surface area contributed by atoms with Crippen molar-refractivity contribution in [1.82, 2.24) is 10.3 Å². The molecule has 1 heterocycles. The first-order chi connectivity index (χ1) is 8.66. The zero-order valence-electron chi connectivity index (χ0n) is 10.1. The fourth-order valence-electron chi connectivity index (χ4n) is 1.63. The summed E-state index contributed by atoms with van der Waals surface area (Å²) >= 11 is 1.45. The maximum atomic E-state index is 11.5. The van der Waals surface area contributed by atoms with E-state index in [1.807, 2.05) is 42.6 Å². The number of primary amides is 1. The standard InChI is InChI=1S/C13H15N3OS/c1-9-8-18-13(16-9)11(12(14)17)15-7-10-5-3-2-4-6-10/h2-6,8,11,15H,7H2,1H3,(H2,14,17). The minimum absolute atomic E-state index is 0.403. The van der Waals surface area contributed by atoms with Crippen LogP contribution in [0, 0.1) is 6.92 Å². The van der Waals surface area contributed by atoms with Gasteiger partial charge in [-0.1, -0.05) is 30.3 Å². The number of rotatable bonds is 5. The van der Waals surface area contributed by atoms with Crippen LogP contribution in [0.3, 0.4) is 0 Å². The van der Waals surface area contributed by atoms with Gasteiger partial charge in [0.1, 0.15) is 11.0 Å². The van der Waals surface area contributed by atoms with E-state index in [1.54, 1.807) is 0 Å². The molecule has 1 aromatic carbocycles. The Kier molecular flexibility index (Phi) is 4.07. The van der Waals surface area contributed by atoms with Gasteiger partial charge in [0, 0.05) is 17.6 Å². The smallest absolute Gasteiger partial charge is 0.241 e. The van der Waals surface area contributed by atoms with Gasteiger partial charge < -0.3 is 5.73 Å². The largest absolute Gasteiger partial charge is 0.368 e. The van der Waals surface area contributed by atoms with Crippen molar-refractivity contribution in [2.45, 2.75) is 19.5 Å². The molecule has 0 radical (unpaired) electrons. The first-order valence-corrected chi connectivity index (χ1v) is 6.53. The lowest BCUT2D eigenvalue weighted by molar-refractivity contribution is -0.120. The molecular weight excluding hydrogens is 246 g/mol. The van der Waals surface area contributed by atoms with Crippen molar-refractivity contribution in [1.29, 1.82) is 0 Å². The van der Waals surface area contributed by atoms with Crippen LogP contribution in [0.15, 0.2) is 35.7 Å². The molecule has 2 rings (SSSR count). The summed E-state index contributed by atoms with van der Waals surface area (Å²) in [5, 5.41) is 5.77. The van der Waals surface area contributed by atoms with E-state index in [-0.39, 0.29) is 0 Å². The summed E-state index contributed by atoms with van der Waals surface area (Å²) in [6.45, 7) is 2.49. The van der Waals surface area contributed by atoms with Gasteiger partial charge in [-0.25, -0.2) is 4.98 Å². The van der Waals surface area contributed by atoms with Gasteiger partial charge in [-0.2, -0.15) is 0 Å². The number of aryl methyl sites for hydroxylation is 1. The molecule has 3 N–H and O–H groups in total. The molecule has 18 heavy (non-hydrogen) atoms. The summed E-state index contributed by atoms with van der Waals surface area (Å²) in [6.07, 6.45) is 0. The summed E-state index contributed by atoms with van der Waals surface area (Å²) in [5.74, 6) is -0.403. The van der Waals surface area contributed by atoms with Crippen molar-refractivity contribution < 1.29 is 4.79 Å². The van der Waals surface area contributed by atoms with Crippen molar-refractivity contribution in [3.05, 3.63) is 52.0 Å². The molecule has 0 bridgehead atoms. The molecule has 5 heteroatoms. The molecule has 0 spiro atoms. The first-order valence-electron chi connectivity index (χ1n) is 5.65. The normalized spacial score (nSPS) is 12.3. The topological polar surface area (TPSA) is 68.0 Å². The van der Waals surface area contributed by atoms with Crippen LogP contribution in [-0.4, -0.2) is 10.9 Å². The highest BCUT2D eigenvalue weighted by atomic mass is 32.1. The monoisotopic (exact) mass is 261 g/mol. The van der Waals surface area contributed by atoms with Crippen molar-refractivity contribution in [2.75, 3.05) is 0 Å². The maximum absolute atomic E-state index is 11.5. The van der Waals surface area contributed by atoms with Gasteiger partial charge in [0.2, 0.25) is 5.91 Å². The van der Waals surface area contributed by atoms with Gasteiger partial charge in [-0.3, -0.25) is 10.1 Å². The van der Waals surface area contributed by atoms with Crippen LogP contribution in [0.1, 0.15) is 22.3 Å². The third kappa shape index (κ3) is 3.15. The van der Waals surface area contributed by atoms with E-state index in [2.05, 4.69) is 10.3 Å². The molecule has 1 atom stereocenters. The van der Waals surface area contributed by atoms with Crippen LogP contribution in [0.5, 0.6) is 0 Å². The van der Waals surface area contributed by atoms with Crippen molar-refractivity contribution in [3.8, 4) is 0 Å². The average molecular weight is 261 g/mol. The Morgan fingerprint density at radius 1 is 1.44 bits per heavy atom. The minimum atomic E-state index is -0.524. The maximum Gasteiger partial charge on any atom is 0.241 e. The highest BCUT2D eigenvalue weighted by Gasteiger charge is 2.20. The molecule has 0 aliphatic heterocycles. The number of nitrogens with two attached hydrogens (primary N) is 1. The Balaban J connectivity index is 2.06. The van der Waals surface area contributed by atoms with Gasteiger partial charge in [0.25, 0.3) is 0 Å². The molecule has 2 aromatic rings. The first kappa shape index (κ1) is 12.7. The lowest BCUT2D eigenvalue weighted by atomic mass is 10.2. The van der Waals surface area contributed by atoms with Crippen molar-refractivity contribution >= 4 is 17.2 Å². The van der Waals surface area contributed by atoms with Crippen LogP contribution < -0.4 is 11.1 Å². The van der Waals surface area contributed by atoms with Crippen LogP contribution in [-0.2, 0) is 11.3 Å². The second-order valence-corrected chi connectivity index (χ2v) is 4.92. The molecule has 0 saturated carbocycles. The van der Waals surface area contributed by atoms with Crippen LogP contribution in [0.25, 0.3) is 0 Å². The molecule has 0 aliphatic carbocycles. The molecule has 1 amide bonds. The van der Waals surface area contributed by atoms with Crippen LogP contribution in [0.4, 0.5) is 0 Å². The van der Waals surface area contributed by atoms with Crippen LogP contribution in [0.2, 0.25) is 0 Å². The lowest BCUT2D eigenvalue weighted by Crippen LogP contribution is -2.33. The zero-order chi connectivity index (χ0) is 13.0. The molecule has 1 aromatic heterocycles. The number of nitrogens with one attached hydrogen (secondary N) is 1. The van der Waals surface area contributed by atoms with Gasteiger partial charge in [-0.15, -0.1) is 11.3 Å². The van der Waals surface area contributed by atoms with E-state index in [0.717, 1.165) is 16.3 Å². The van der Waals surface area contributed by atoms with E-state index in [0.29, 0.717) is 6.54 Å². The number of carbonyl (C=O) groups is 1. The molecule has 4 nitrogen and oxygen atoms in total. The number of hydrogen-bond acceptors (Lipinski definition) is 4. The Hall–Kier alpha value is -1.72. The number of aromatic nitrogens is 1. The van der Waals surface area contributed by atoms with Gasteiger partial charge in [0.15, 0.2) is 0 Å². The number of amides is 1.